The van der Waals surface area contributed by atoms with Gasteiger partial charge in [-0.05, 0) is 43.2 Å². The van der Waals surface area contributed by atoms with Crippen molar-refractivity contribution in [1.82, 2.24) is 5.43 Å². The van der Waals surface area contributed by atoms with E-state index >= 15 is 0 Å². The average molecular weight is 204 g/mol. The van der Waals surface area contributed by atoms with E-state index in [4.69, 9.17) is 5.84 Å². The summed E-state index contributed by atoms with van der Waals surface area (Å²) in [6.07, 6.45) is 2.55. The fourth-order valence-corrected chi connectivity index (χ4v) is 2.22. The van der Waals surface area contributed by atoms with E-state index in [0.717, 1.165) is 0 Å². The van der Waals surface area contributed by atoms with Crippen LogP contribution >= 0.6 is 0 Å². The largest absolute Gasteiger partial charge is 0.271 e. The summed E-state index contributed by atoms with van der Waals surface area (Å²) < 4.78 is 0. The average Bonchev–Trinajstić information content (AvgIpc) is 2.92. The van der Waals surface area contributed by atoms with Crippen molar-refractivity contribution in [3.05, 3.63) is 34.9 Å². The molecule has 0 aromatic heterocycles. The van der Waals surface area contributed by atoms with Gasteiger partial charge in [0.25, 0.3) is 0 Å². The number of aryl methyl sites for hydroxylation is 2. The number of hydrogen-bond acceptors (Lipinski definition) is 2. The molecule has 0 amide bonds. The molecule has 3 N–H and O–H groups in total. The third kappa shape index (κ3) is 1.92. The molecule has 1 aromatic carbocycles. The van der Waals surface area contributed by atoms with E-state index in [1.54, 1.807) is 0 Å². The molecule has 15 heavy (non-hydrogen) atoms. The van der Waals surface area contributed by atoms with Crippen molar-refractivity contribution in [1.29, 1.82) is 0 Å². The zero-order valence-electron chi connectivity index (χ0n) is 9.80. The number of nitrogens with one attached hydrogen (secondary N) is 1. The Labute approximate surface area is 91.8 Å². The number of hydrazine groups is 1. The molecule has 1 saturated carbocycles. The van der Waals surface area contributed by atoms with Gasteiger partial charge in [-0.3, -0.25) is 11.3 Å². The van der Waals surface area contributed by atoms with E-state index < -0.39 is 0 Å². The molecule has 0 spiro atoms. The highest BCUT2D eigenvalue weighted by Gasteiger charge is 2.45. The molecular weight excluding hydrogens is 184 g/mol. The van der Waals surface area contributed by atoms with Crippen molar-refractivity contribution in [3.8, 4) is 0 Å². The molecule has 82 valence electrons. The van der Waals surface area contributed by atoms with Gasteiger partial charge >= 0.3 is 0 Å². The number of hydrogen-bond donors (Lipinski definition) is 2. The highest BCUT2D eigenvalue weighted by atomic mass is 15.2. The molecule has 1 atom stereocenters. The highest BCUT2D eigenvalue weighted by Crippen LogP contribution is 2.54. The Morgan fingerprint density at radius 3 is 2.53 bits per heavy atom. The smallest absolute Gasteiger partial charge is 0.0516 e. The first-order valence-electron chi connectivity index (χ1n) is 5.60. The Morgan fingerprint density at radius 1 is 1.33 bits per heavy atom. The van der Waals surface area contributed by atoms with Gasteiger partial charge in [0.1, 0.15) is 0 Å². The highest BCUT2D eigenvalue weighted by molar-refractivity contribution is 5.35. The Bertz CT molecular complexity index is 367. The first-order valence-corrected chi connectivity index (χ1v) is 5.60. The summed E-state index contributed by atoms with van der Waals surface area (Å²) in [6, 6.07) is 6.89. The molecule has 0 heterocycles. The molecule has 1 fully saturated rings. The predicted molar refractivity (Wildman–Crippen MR) is 63.3 cm³/mol. The minimum absolute atomic E-state index is 0.303. The van der Waals surface area contributed by atoms with Gasteiger partial charge in [0.2, 0.25) is 0 Å². The zero-order valence-corrected chi connectivity index (χ0v) is 9.80. The van der Waals surface area contributed by atoms with Gasteiger partial charge in [-0.2, -0.15) is 0 Å². The van der Waals surface area contributed by atoms with Crippen LogP contribution in [0.5, 0.6) is 0 Å². The van der Waals surface area contributed by atoms with E-state index in [1.165, 1.54) is 29.5 Å². The lowest BCUT2D eigenvalue weighted by atomic mass is 9.89. The van der Waals surface area contributed by atoms with E-state index in [1.807, 2.05) is 0 Å². The zero-order chi connectivity index (χ0) is 11.1. The molecule has 0 aliphatic heterocycles. The molecule has 2 rings (SSSR count). The van der Waals surface area contributed by atoms with Crippen LogP contribution in [0.2, 0.25) is 0 Å². The summed E-state index contributed by atoms with van der Waals surface area (Å²) in [5.41, 5.74) is 7.35. The number of rotatable bonds is 3. The first-order chi connectivity index (χ1) is 7.07. The van der Waals surface area contributed by atoms with Crippen molar-refractivity contribution in [2.24, 2.45) is 11.3 Å². The molecular formula is C13H20N2. The molecule has 1 aromatic rings. The lowest BCUT2D eigenvalue weighted by molar-refractivity contribution is 0.371. The van der Waals surface area contributed by atoms with E-state index in [9.17, 15) is 0 Å². The van der Waals surface area contributed by atoms with E-state index in [0.29, 0.717) is 11.5 Å². The van der Waals surface area contributed by atoms with Gasteiger partial charge in [0, 0.05) is 0 Å². The van der Waals surface area contributed by atoms with Gasteiger partial charge in [-0.25, -0.2) is 0 Å². The SMILES string of the molecule is Cc1ccc(C)c(C(NN)C2(C)CC2)c1. The van der Waals surface area contributed by atoms with Crippen LogP contribution in [0.1, 0.15) is 42.5 Å². The Balaban J connectivity index is 2.37. The lowest BCUT2D eigenvalue weighted by Gasteiger charge is -2.25. The van der Waals surface area contributed by atoms with Gasteiger partial charge in [0.15, 0.2) is 0 Å². The molecule has 1 aliphatic carbocycles. The summed E-state index contributed by atoms with van der Waals surface area (Å²) in [7, 11) is 0. The minimum atomic E-state index is 0.303. The molecule has 0 saturated heterocycles. The van der Waals surface area contributed by atoms with Crippen LogP contribution in [0.15, 0.2) is 18.2 Å². The van der Waals surface area contributed by atoms with Crippen LogP contribution in [-0.2, 0) is 0 Å². The molecule has 0 radical (unpaired) electrons. The fourth-order valence-electron chi connectivity index (χ4n) is 2.22. The molecule has 0 bridgehead atoms. The van der Waals surface area contributed by atoms with E-state index in [2.05, 4.69) is 44.4 Å². The lowest BCUT2D eigenvalue weighted by Crippen LogP contribution is -2.34. The van der Waals surface area contributed by atoms with Crippen molar-refractivity contribution in [2.45, 2.75) is 39.7 Å². The topological polar surface area (TPSA) is 38.0 Å². The van der Waals surface area contributed by atoms with Gasteiger partial charge in [-0.15, -0.1) is 0 Å². The van der Waals surface area contributed by atoms with Crippen LogP contribution in [0.25, 0.3) is 0 Å². The summed E-state index contributed by atoms with van der Waals surface area (Å²) in [5, 5.41) is 0. The van der Waals surface area contributed by atoms with Gasteiger partial charge in [-0.1, -0.05) is 30.7 Å². The van der Waals surface area contributed by atoms with Crippen LogP contribution in [0.3, 0.4) is 0 Å². The number of nitrogens with two attached hydrogens (primary N) is 1. The predicted octanol–water partition coefficient (Wildman–Crippen LogP) is 2.61. The van der Waals surface area contributed by atoms with Crippen LogP contribution in [-0.4, -0.2) is 0 Å². The second kappa shape index (κ2) is 3.62. The molecule has 1 aliphatic rings. The maximum Gasteiger partial charge on any atom is 0.0516 e. The molecule has 2 nitrogen and oxygen atoms in total. The second-order valence-electron chi connectivity index (χ2n) is 5.11. The fraction of sp³-hybridized carbons (Fsp3) is 0.538. The monoisotopic (exact) mass is 204 g/mol. The van der Waals surface area contributed by atoms with Crippen LogP contribution in [0, 0.1) is 19.3 Å². The first kappa shape index (κ1) is 10.7. The Kier molecular flexibility index (Phi) is 2.57. The van der Waals surface area contributed by atoms with Crippen LogP contribution in [0.4, 0.5) is 0 Å². The quantitative estimate of drug-likeness (QED) is 0.586. The van der Waals surface area contributed by atoms with E-state index in [-0.39, 0.29) is 0 Å². The van der Waals surface area contributed by atoms with Crippen LogP contribution < -0.4 is 11.3 Å². The second-order valence-corrected chi connectivity index (χ2v) is 5.11. The van der Waals surface area contributed by atoms with Crippen molar-refractivity contribution >= 4 is 0 Å². The summed E-state index contributed by atoms with van der Waals surface area (Å²) in [6.45, 7) is 6.59. The van der Waals surface area contributed by atoms with Crippen molar-refractivity contribution < 1.29 is 0 Å². The molecule has 2 heteroatoms. The summed E-state index contributed by atoms with van der Waals surface area (Å²) >= 11 is 0. The third-order valence-electron chi connectivity index (χ3n) is 3.65. The summed E-state index contributed by atoms with van der Waals surface area (Å²) in [5.74, 6) is 5.70. The Morgan fingerprint density at radius 2 is 2.00 bits per heavy atom. The van der Waals surface area contributed by atoms with Gasteiger partial charge in [0.05, 0.1) is 6.04 Å². The summed E-state index contributed by atoms with van der Waals surface area (Å²) in [4.78, 5) is 0. The van der Waals surface area contributed by atoms with Gasteiger partial charge < -0.3 is 0 Å². The van der Waals surface area contributed by atoms with Crippen molar-refractivity contribution in [3.63, 3.8) is 0 Å². The maximum atomic E-state index is 5.70. The third-order valence-corrected chi connectivity index (χ3v) is 3.65. The standard InChI is InChI=1S/C13H20N2/c1-9-4-5-10(2)11(8-9)12(15-14)13(3)6-7-13/h4-5,8,12,15H,6-7,14H2,1-3H3. The van der Waals surface area contributed by atoms with Crippen molar-refractivity contribution in [2.75, 3.05) is 0 Å². The normalized spacial score (nSPS) is 20.0. The Hall–Kier alpha value is -0.860. The minimum Gasteiger partial charge on any atom is -0.271 e. The molecule has 1 unspecified atom stereocenters. The number of benzene rings is 1. The maximum absolute atomic E-state index is 5.70.